The molecule has 1 heterocycles. The zero-order valence-electron chi connectivity index (χ0n) is 10.4. The minimum Gasteiger partial charge on any atom is -0.369 e. The maximum Gasteiger partial charge on any atom is 0.416 e. The van der Waals surface area contributed by atoms with E-state index in [0.29, 0.717) is 18.5 Å². The Hall–Kier alpha value is -2.05. The van der Waals surface area contributed by atoms with E-state index in [0.717, 1.165) is 12.1 Å². The molecule has 0 saturated carbocycles. The highest BCUT2D eigenvalue weighted by molar-refractivity contribution is 6.01. The average molecular weight is 286 g/mol. The largest absolute Gasteiger partial charge is 0.416 e. The van der Waals surface area contributed by atoms with Crippen LogP contribution in [0.5, 0.6) is 0 Å². The van der Waals surface area contributed by atoms with Crippen LogP contribution in [0, 0.1) is 5.92 Å². The molecule has 1 aromatic carbocycles. The van der Waals surface area contributed by atoms with E-state index in [4.69, 9.17) is 5.73 Å². The van der Waals surface area contributed by atoms with E-state index in [1.807, 2.05) is 0 Å². The highest BCUT2D eigenvalue weighted by atomic mass is 19.4. The fourth-order valence-electron chi connectivity index (χ4n) is 2.42. The molecule has 1 fully saturated rings. The first kappa shape index (κ1) is 14.4. The second-order valence-electron chi connectivity index (χ2n) is 4.69. The topological polar surface area (TPSA) is 72.2 Å². The number of hydrogen-bond acceptors (Lipinski definition) is 2. The van der Waals surface area contributed by atoms with Gasteiger partial charge in [-0.15, -0.1) is 0 Å². The van der Waals surface area contributed by atoms with Crippen LogP contribution in [0.1, 0.15) is 23.5 Å². The van der Waals surface area contributed by atoms with E-state index >= 15 is 0 Å². The molecule has 0 bridgehead atoms. The molecule has 1 aliphatic rings. The van der Waals surface area contributed by atoms with Crippen molar-refractivity contribution in [1.82, 2.24) is 5.32 Å². The number of rotatable bonds is 2. The number of primary amides is 1. The molecule has 7 heteroatoms. The van der Waals surface area contributed by atoms with E-state index in [2.05, 4.69) is 5.32 Å². The van der Waals surface area contributed by atoms with Crippen molar-refractivity contribution >= 4 is 11.8 Å². The number of nitrogens with two attached hydrogens (primary N) is 1. The van der Waals surface area contributed by atoms with Crippen LogP contribution < -0.4 is 11.1 Å². The monoisotopic (exact) mass is 286 g/mol. The quantitative estimate of drug-likeness (QED) is 0.807. The molecule has 3 N–H and O–H groups in total. The Kier molecular flexibility index (Phi) is 3.69. The molecule has 4 nitrogen and oxygen atoms in total. The normalized spacial score (nSPS) is 23.2. The van der Waals surface area contributed by atoms with Crippen molar-refractivity contribution in [1.29, 1.82) is 0 Å². The van der Waals surface area contributed by atoms with E-state index in [1.165, 1.54) is 12.1 Å². The lowest BCUT2D eigenvalue weighted by atomic mass is 9.80. The molecule has 108 valence electrons. The van der Waals surface area contributed by atoms with Gasteiger partial charge in [0.25, 0.3) is 0 Å². The van der Waals surface area contributed by atoms with Crippen LogP contribution in [0.2, 0.25) is 0 Å². The highest BCUT2D eigenvalue weighted by Gasteiger charge is 2.37. The molecule has 0 aromatic heterocycles. The summed E-state index contributed by atoms with van der Waals surface area (Å²) in [6.45, 7) is 0.369. The van der Waals surface area contributed by atoms with Crippen LogP contribution in [0.4, 0.5) is 13.2 Å². The smallest absolute Gasteiger partial charge is 0.369 e. The predicted molar refractivity (Wildman–Crippen MR) is 64.5 cm³/mol. The number of hydrogen-bond donors (Lipinski definition) is 2. The van der Waals surface area contributed by atoms with E-state index in [-0.39, 0.29) is 0 Å². The molecule has 20 heavy (non-hydrogen) atoms. The molecule has 2 unspecified atom stereocenters. The van der Waals surface area contributed by atoms with Crippen molar-refractivity contribution in [2.24, 2.45) is 11.7 Å². The third kappa shape index (κ3) is 2.76. The predicted octanol–water partition coefficient (Wildman–Crippen LogP) is 1.41. The summed E-state index contributed by atoms with van der Waals surface area (Å²) in [7, 11) is 0. The first-order valence-electron chi connectivity index (χ1n) is 6.05. The Balaban J connectivity index is 2.30. The summed E-state index contributed by atoms with van der Waals surface area (Å²) in [4.78, 5) is 23.0. The third-order valence-electron chi connectivity index (χ3n) is 3.41. The van der Waals surface area contributed by atoms with Gasteiger partial charge in [-0.1, -0.05) is 12.1 Å². The Morgan fingerprint density at radius 3 is 2.35 bits per heavy atom. The van der Waals surface area contributed by atoms with Crippen LogP contribution in [0.3, 0.4) is 0 Å². The van der Waals surface area contributed by atoms with Gasteiger partial charge in [0.2, 0.25) is 11.8 Å². The summed E-state index contributed by atoms with van der Waals surface area (Å²) in [6, 6.07) is 4.48. The lowest BCUT2D eigenvalue weighted by molar-refractivity contribution is -0.138. The lowest BCUT2D eigenvalue weighted by Crippen LogP contribution is -2.47. The number of nitrogens with one attached hydrogen (secondary N) is 1. The second kappa shape index (κ2) is 5.15. The minimum absolute atomic E-state index is 0.369. The molecule has 2 atom stereocenters. The number of benzene rings is 1. The first-order chi connectivity index (χ1) is 9.30. The van der Waals surface area contributed by atoms with Crippen molar-refractivity contribution < 1.29 is 22.8 Å². The highest BCUT2D eigenvalue weighted by Crippen LogP contribution is 2.34. The Morgan fingerprint density at radius 2 is 1.85 bits per heavy atom. The fourth-order valence-corrected chi connectivity index (χ4v) is 2.42. The van der Waals surface area contributed by atoms with Gasteiger partial charge >= 0.3 is 6.18 Å². The third-order valence-corrected chi connectivity index (χ3v) is 3.41. The van der Waals surface area contributed by atoms with Crippen molar-refractivity contribution in [2.75, 3.05) is 6.54 Å². The summed E-state index contributed by atoms with van der Waals surface area (Å²) in [5, 5.41) is 2.53. The van der Waals surface area contributed by atoms with Crippen LogP contribution in [0.15, 0.2) is 24.3 Å². The number of piperidine rings is 1. The van der Waals surface area contributed by atoms with Crippen LogP contribution in [-0.4, -0.2) is 18.4 Å². The maximum atomic E-state index is 12.5. The molecule has 0 spiro atoms. The molecule has 0 radical (unpaired) electrons. The molecule has 1 aliphatic heterocycles. The molecular weight excluding hydrogens is 273 g/mol. The summed E-state index contributed by atoms with van der Waals surface area (Å²) in [5.41, 5.74) is 4.95. The molecule has 0 aliphatic carbocycles. The minimum atomic E-state index is -4.41. The van der Waals surface area contributed by atoms with Gasteiger partial charge in [0.1, 0.15) is 5.92 Å². The van der Waals surface area contributed by atoms with Gasteiger partial charge < -0.3 is 11.1 Å². The van der Waals surface area contributed by atoms with E-state index < -0.39 is 35.4 Å². The van der Waals surface area contributed by atoms with Crippen molar-refractivity contribution in [3.8, 4) is 0 Å². The number of amides is 2. The van der Waals surface area contributed by atoms with Gasteiger partial charge in [0.05, 0.1) is 5.56 Å². The van der Waals surface area contributed by atoms with Gasteiger partial charge in [-0.3, -0.25) is 9.59 Å². The number of halogens is 3. The SMILES string of the molecule is NC(=O)C1C(=O)NCCC1c1ccc(C(F)(F)F)cc1. The van der Waals surface area contributed by atoms with E-state index in [1.54, 1.807) is 0 Å². The molecular formula is C13H13F3N2O2. The average Bonchev–Trinajstić information content (AvgIpc) is 2.37. The van der Waals surface area contributed by atoms with Crippen LogP contribution >= 0.6 is 0 Å². The van der Waals surface area contributed by atoms with Crippen molar-refractivity contribution in [3.05, 3.63) is 35.4 Å². The number of carbonyl (C=O) groups excluding carboxylic acids is 2. The molecule has 1 aromatic rings. The van der Waals surface area contributed by atoms with E-state index in [9.17, 15) is 22.8 Å². The summed E-state index contributed by atoms with van der Waals surface area (Å²) in [6.07, 6.45) is -3.95. The van der Waals surface area contributed by atoms with Gasteiger partial charge in [-0.2, -0.15) is 13.2 Å². The van der Waals surface area contributed by atoms with Gasteiger partial charge in [0.15, 0.2) is 0 Å². The lowest BCUT2D eigenvalue weighted by Gasteiger charge is -2.29. The second-order valence-corrected chi connectivity index (χ2v) is 4.69. The van der Waals surface area contributed by atoms with Crippen molar-refractivity contribution in [2.45, 2.75) is 18.5 Å². The zero-order valence-corrected chi connectivity index (χ0v) is 10.4. The van der Waals surface area contributed by atoms with Gasteiger partial charge in [-0.25, -0.2) is 0 Å². The zero-order chi connectivity index (χ0) is 14.9. The molecule has 1 saturated heterocycles. The summed E-state index contributed by atoms with van der Waals surface area (Å²) in [5.74, 6) is -2.77. The number of carbonyl (C=O) groups is 2. The van der Waals surface area contributed by atoms with Gasteiger partial charge in [0, 0.05) is 12.5 Å². The Morgan fingerprint density at radius 1 is 1.25 bits per heavy atom. The number of alkyl halides is 3. The summed E-state index contributed by atoms with van der Waals surface area (Å²) < 4.78 is 37.5. The van der Waals surface area contributed by atoms with Crippen molar-refractivity contribution in [3.63, 3.8) is 0 Å². The molecule has 2 rings (SSSR count). The Labute approximate surface area is 113 Å². The summed E-state index contributed by atoms with van der Waals surface area (Å²) >= 11 is 0. The standard InChI is InChI=1S/C13H13F3N2O2/c14-13(15,16)8-3-1-7(2-4-8)9-5-6-18-12(20)10(9)11(17)19/h1-4,9-10H,5-6H2,(H2,17,19)(H,18,20). The van der Waals surface area contributed by atoms with Gasteiger partial charge in [-0.05, 0) is 24.1 Å². The first-order valence-corrected chi connectivity index (χ1v) is 6.05. The fraction of sp³-hybridized carbons (Fsp3) is 0.385. The van der Waals surface area contributed by atoms with Crippen LogP contribution in [-0.2, 0) is 15.8 Å². The maximum absolute atomic E-state index is 12.5. The molecule has 2 amide bonds. The Bertz CT molecular complexity index is 525. The van der Waals surface area contributed by atoms with Crippen LogP contribution in [0.25, 0.3) is 0 Å².